The Hall–Kier alpha value is -1.44. The maximum atomic E-state index is 2.23. The van der Waals surface area contributed by atoms with E-state index < -0.39 is 0 Å². The Morgan fingerprint density at radius 2 is 0.895 bits per heavy atom. The zero-order chi connectivity index (χ0) is 13.8. The second-order valence-corrected chi connectivity index (χ2v) is 7.29. The number of hydrogen-bond donors (Lipinski definition) is 0. The van der Waals surface area contributed by atoms with Crippen LogP contribution in [0.1, 0.15) is 0 Å². The molecule has 0 aliphatic carbocycles. The van der Waals surface area contributed by atoms with Gasteiger partial charge < -0.3 is 0 Å². The zero-order valence-electron chi connectivity index (χ0n) is 11.9. The summed E-state index contributed by atoms with van der Waals surface area (Å²) in [6.45, 7) is 0. The van der Waals surface area contributed by atoms with E-state index in [1.165, 1.54) is 20.3 Å². The number of benzene rings is 2. The van der Waals surface area contributed by atoms with Gasteiger partial charge in [-0.1, -0.05) is 0 Å². The van der Waals surface area contributed by atoms with Crippen molar-refractivity contribution in [3.05, 3.63) is 48.5 Å². The summed E-state index contributed by atoms with van der Waals surface area (Å²) in [5, 5.41) is 0. The summed E-state index contributed by atoms with van der Waals surface area (Å²) < 4.78 is 2.83. The van der Waals surface area contributed by atoms with E-state index in [9.17, 15) is 0 Å². The summed E-state index contributed by atoms with van der Waals surface area (Å²) in [5.41, 5.74) is 2.50. The topological polar surface area (TPSA) is 6.48 Å². The van der Waals surface area contributed by atoms with E-state index in [1.807, 2.05) is 0 Å². The first-order chi connectivity index (χ1) is 9.06. The molecule has 0 N–H and O–H groups in total. The van der Waals surface area contributed by atoms with Crippen LogP contribution >= 0.6 is 0 Å². The van der Waals surface area contributed by atoms with Gasteiger partial charge in [-0.05, 0) is 0 Å². The summed E-state index contributed by atoms with van der Waals surface area (Å²) in [7, 11) is 8.28. The van der Waals surface area contributed by atoms with Crippen LogP contribution in [-0.4, -0.2) is 43.1 Å². The summed E-state index contributed by atoms with van der Waals surface area (Å²) >= 11 is 0.385. The molecular weight excluding hydrogens is 299 g/mol. The van der Waals surface area contributed by atoms with Gasteiger partial charge in [0.2, 0.25) is 0 Å². The average Bonchev–Trinajstić information content (AvgIpc) is 2.40. The molecule has 0 unspecified atom stereocenters. The Labute approximate surface area is 122 Å². The van der Waals surface area contributed by atoms with Gasteiger partial charge in [0.25, 0.3) is 0 Å². The van der Waals surface area contributed by atoms with Gasteiger partial charge in [0.15, 0.2) is 0 Å². The Balaban J connectivity index is 2.08. The number of nitrogens with zero attached hydrogens (tertiary/aromatic N) is 2. The molecule has 0 aliphatic rings. The van der Waals surface area contributed by atoms with Crippen LogP contribution in [0.15, 0.2) is 48.5 Å². The molecule has 0 saturated carbocycles. The molecule has 0 aromatic heterocycles. The summed E-state index contributed by atoms with van der Waals surface area (Å²) in [4.78, 5) is 4.26. The molecular formula is C16H20N2Se. The minimum atomic E-state index is 0.385. The molecule has 2 aromatic carbocycles. The van der Waals surface area contributed by atoms with E-state index in [0.717, 1.165) is 0 Å². The average molecular weight is 319 g/mol. The van der Waals surface area contributed by atoms with Crippen LogP contribution in [0.2, 0.25) is 0 Å². The van der Waals surface area contributed by atoms with E-state index in [-0.39, 0.29) is 0 Å². The van der Waals surface area contributed by atoms with Crippen LogP contribution in [0.4, 0.5) is 11.4 Å². The van der Waals surface area contributed by atoms with Crippen molar-refractivity contribution in [3.8, 4) is 0 Å². The van der Waals surface area contributed by atoms with E-state index in [0.29, 0.717) is 15.0 Å². The van der Waals surface area contributed by atoms with E-state index >= 15 is 0 Å². The van der Waals surface area contributed by atoms with Crippen LogP contribution in [0.25, 0.3) is 0 Å². The van der Waals surface area contributed by atoms with Gasteiger partial charge in [-0.15, -0.1) is 0 Å². The molecule has 0 radical (unpaired) electrons. The number of rotatable bonds is 4. The first-order valence-corrected chi connectivity index (χ1v) is 8.00. The molecule has 0 spiro atoms. The SMILES string of the molecule is CN(C)c1ccc([Se]c2ccc(N(C)C)cc2)cc1. The van der Waals surface area contributed by atoms with Gasteiger partial charge >= 0.3 is 122 Å². The molecule has 2 rings (SSSR count). The van der Waals surface area contributed by atoms with Gasteiger partial charge in [0.05, 0.1) is 0 Å². The quantitative estimate of drug-likeness (QED) is 0.788. The van der Waals surface area contributed by atoms with Crippen molar-refractivity contribution >= 4 is 35.3 Å². The van der Waals surface area contributed by atoms with Gasteiger partial charge in [0, 0.05) is 0 Å². The minimum absolute atomic E-state index is 0.385. The van der Waals surface area contributed by atoms with Crippen LogP contribution in [0.5, 0.6) is 0 Å². The Morgan fingerprint density at radius 3 is 1.16 bits per heavy atom. The molecule has 3 heteroatoms. The molecule has 0 heterocycles. The monoisotopic (exact) mass is 320 g/mol. The fourth-order valence-corrected chi connectivity index (χ4v) is 3.47. The van der Waals surface area contributed by atoms with Crippen molar-refractivity contribution in [3.63, 3.8) is 0 Å². The molecule has 100 valence electrons. The Morgan fingerprint density at radius 1 is 0.579 bits per heavy atom. The molecule has 2 nitrogen and oxygen atoms in total. The molecule has 0 bridgehead atoms. The third-order valence-electron chi connectivity index (χ3n) is 2.94. The molecule has 0 atom stereocenters. The second-order valence-electron chi connectivity index (χ2n) is 4.88. The number of hydrogen-bond acceptors (Lipinski definition) is 2. The van der Waals surface area contributed by atoms with E-state index in [1.54, 1.807) is 0 Å². The first kappa shape index (κ1) is 14.0. The predicted octanol–water partition coefficient (Wildman–Crippen LogP) is 1.47. The predicted molar refractivity (Wildman–Crippen MR) is 86.6 cm³/mol. The number of anilines is 2. The van der Waals surface area contributed by atoms with Crippen molar-refractivity contribution in [1.29, 1.82) is 0 Å². The molecule has 0 amide bonds. The van der Waals surface area contributed by atoms with Crippen molar-refractivity contribution in [2.45, 2.75) is 0 Å². The van der Waals surface area contributed by atoms with Crippen LogP contribution in [0.3, 0.4) is 0 Å². The molecule has 0 saturated heterocycles. The van der Waals surface area contributed by atoms with Crippen LogP contribution in [-0.2, 0) is 0 Å². The Bertz CT molecular complexity index is 466. The maximum absolute atomic E-state index is 2.23. The summed E-state index contributed by atoms with van der Waals surface area (Å²) in [6.07, 6.45) is 0. The molecule has 0 aliphatic heterocycles. The third-order valence-corrected chi connectivity index (χ3v) is 5.07. The first-order valence-electron chi connectivity index (χ1n) is 6.29. The van der Waals surface area contributed by atoms with Crippen LogP contribution < -0.4 is 18.7 Å². The van der Waals surface area contributed by atoms with Gasteiger partial charge in [-0.25, -0.2) is 0 Å². The van der Waals surface area contributed by atoms with Gasteiger partial charge in [-0.3, -0.25) is 0 Å². The zero-order valence-corrected chi connectivity index (χ0v) is 13.6. The molecule has 0 fully saturated rings. The normalized spacial score (nSPS) is 10.3. The van der Waals surface area contributed by atoms with E-state index in [4.69, 9.17) is 0 Å². The van der Waals surface area contributed by atoms with E-state index in [2.05, 4.69) is 86.5 Å². The summed E-state index contributed by atoms with van der Waals surface area (Å²) in [6, 6.07) is 17.7. The summed E-state index contributed by atoms with van der Waals surface area (Å²) in [5.74, 6) is 0. The van der Waals surface area contributed by atoms with Crippen molar-refractivity contribution in [1.82, 2.24) is 0 Å². The van der Waals surface area contributed by atoms with Gasteiger partial charge in [-0.2, -0.15) is 0 Å². The van der Waals surface area contributed by atoms with Crippen molar-refractivity contribution < 1.29 is 0 Å². The second kappa shape index (κ2) is 6.14. The molecule has 19 heavy (non-hydrogen) atoms. The molecule has 2 aromatic rings. The van der Waals surface area contributed by atoms with Gasteiger partial charge in [0.1, 0.15) is 0 Å². The fraction of sp³-hybridized carbons (Fsp3) is 0.250. The van der Waals surface area contributed by atoms with Crippen molar-refractivity contribution in [2.24, 2.45) is 0 Å². The fourth-order valence-electron chi connectivity index (χ4n) is 1.76. The standard InChI is InChI=1S/C16H20N2Se/c1-17(2)13-5-9-15(10-6-13)19-16-11-7-14(8-12-16)18(3)4/h5-12H,1-4H3. The van der Waals surface area contributed by atoms with Crippen LogP contribution in [0, 0.1) is 0 Å². The third kappa shape index (κ3) is 3.76. The van der Waals surface area contributed by atoms with Crippen molar-refractivity contribution in [2.75, 3.05) is 38.0 Å². The Kier molecular flexibility index (Phi) is 4.51.